The predicted molar refractivity (Wildman–Crippen MR) is 112 cm³/mol. The molecule has 5 heteroatoms. The highest BCUT2D eigenvalue weighted by atomic mass is 16.4. The SMILES string of the molecule is CC(/C=C/[C@H]1CCC(=O)N1CCCCCCC(=O)O)Cc1ccccc1.CO. The molecule has 28 heavy (non-hydrogen) atoms. The minimum atomic E-state index is -0.727. The Bertz CT molecular complexity index is 600. The maximum Gasteiger partial charge on any atom is 0.303 e. The van der Waals surface area contributed by atoms with Crippen LogP contribution < -0.4 is 0 Å². The van der Waals surface area contributed by atoms with Crippen LogP contribution in [0.1, 0.15) is 57.4 Å². The van der Waals surface area contributed by atoms with Crippen LogP contribution in [-0.4, -0.2) is 46.7 Å². The van der Waals surface area contributed by atoms with Crippen LogP contribution in [0, 0.1) is 5.92 Å². The summed E-state index contributed by atoms with van der Waals surface area (Å²) in [7, 11) is 1.00. The zero-order chi connectivity index (χ0) is 20.8. The summed E-state index contributed by atoms with van der Waals surface area (Å²) in [5.74, 6) is -0.0265. The van der Waals surface area contributed by atoms with E-state index in [4.69, 9.17) is 10.2 Å². The van der Waals surface area contributed by atoms with E-state index in [1.54, 1.807) is 0 Å². The van der Waals surface area contributed by atoms with Gasteiger partial charge in [-0.1, -0.05) is 62.2 Å². The van der Waals surface area contributed by atoms with Crippen LogP contribution in [0.4, 0.5) is 0 Å². The molecule has 2 atom stereocenters. The van der Waals surface area contributed by atoms with E-state index < -0.39 is 5.97 Å². The Balaban J connectivity index is 0.00000190. The van der Waals surface area contributed by atoms with Gasteiger partial charge >= 0.3 is 5.97 Å². The number of rotatable bonds is 11. The third-order valence-electron chi connectivity index (χ3n) is 4.98. The Kier molecular flexibility index (Phi) is 11.9. The van der Waals surface area contributed by atoms with Crippen molar-refractivity contribution in [3.8, 4) is 0 Å². The minimum Gasteiger partial charge on any atom is -0.481 e. The zero-order valence-corrected chi connectivity index (χ0v) is 17.2. The van der Waals surface area contributed by atoms with Crippen LogP contribution in [-0.2, 0) is 16.0 Å². The lowest BCUT2D eigenvalue weighted by Crippen LogP contribution is -2.32. The highest BCUT2D eigenvalue weighted by molar-refractivity contribution is 5.79. The molecule has 1 aliphatic rings. The zero-order valence-electron chi connectivity index (χ0n) is 17.2. The number of benzene rings is 1. The molecule has 1 amide bonds. The molecule has 0 saturated carbocycles. The number of carbonyl (C=O) groups is 2. The van der Waals surface area contributed by atoms with Crippen molar-refractivity contribution in [2.45, 2.75) is 64.3 Å². The molecule has 0 bridgehead atoms. The number of carbonyl (C=O) groups excluding carboxylic acids is 1. The maximum atomic E-state index is 12.1. The Morgan fingerprint density at radius 1 is 1.18 bits per heavy atom. The summed E-state index contributed by atoms with van der Waals surface area (Å²) in [6.45, 7) is 3.00. The first kappa shape index (κ1) is 23.9. The predicted octanol–water partition coefficient (Wildman–Crippen LogP) is 4.06. The number of amides is 1. The topological polar surface area (TPSA) is 77.8 Å². The quantitative estimate of drug-likeness (QED) is 0.442. The molecule has 1 unspecified atom stereocenters. The van der Waals surface area contributed by atoms with E-state index in [9.17, 15) is 9.59 Å². The lowest BCUT2D eigenvalue weighted by Gasteiger charge is -2.22. The second-order valence-electron chi connectivity index (χ2n) is 7.30. The number of unbranched alkanes of at least 4 members (excludes halogenated alkanes) is 3. The Hall–Kier alpha value is -2.14. The number of likely N-dealkylation sites (tertiary alicyclic amines) is 1. The fourth-order valence-electron chi connectivity index (χ4n) is 3.53. The summed E-state index contributed by atoms with van der Waals surface area (Å²) in [5.41, 5.74) is 1.34. The molecule has 1 fully saturated rings. The molecule has 0 aliphatic carbocycles. The molecule has 0 aromatic heterocycles. The van der Waals surface area contributed by atoms with Crippen molar-refractivity contribution in [1.29, 1.82) is 0 Å². The lowest BCUT2D eigenvalue weighted by molar-refractivity contribution is -0.137. The summed E-state index contributed by atoms with van der Waals surface area (Å²) in [4.78, 5) is 24.7. The van der Waals surface area contributed by atoms with Gasteiger partial charge in [0, 0.05) is 26.5 Å². The minimum absolute atomic E-state index is 0.222. The van der Waals surface area contributed by atoms with Crippen LogP contribution in [0.2, 0.25) is 0 Å². The van der Waals surface area contributed by atoms with Crippen LogP contribution in [0.25, 0.3) is 0 Å². The molecule has 1 aromatic rings. The van der Waals surface area contributed by atoms with E-state index in [0.29, 0.717) is 12.3 Å². The molecular formula is C23H35NO4. The molecule has 0 spiro atoms. The number of hydrogen-bond acceptors (Lipinski definition) is 3. The summed E-state index contributed by atoms with van der Waals surface area (Å²) < 4.78 is 0. The van der Waals surface area contributed by atoms with Gasteiger partial charge in [0.1, 0.15) is 0 Å². The van der Waals surface area contributed by atoms with Gasteiger partial charge in [-0.05, 0) is 37.2 Å². The molecule has 156 valence electrons. The third-order valence-corrected chi connectivity index (χ3v) is 4.98. The average molecular weight is 390 g/mol. The van der Waals surface area contributed by atoms with Crippen molar-refractivity contribution in [2.75, 3.05) is 13.7 Å². The van der Waals surface area contributed by atoms with E-state index in [1.807, 2.05) is 11.0 Å². The van der Waals surface area contributed by atoms with Gasteiger partial charge < -0.3 is 15.1 Å². The van der Waals surface area contributed by atoms with Crippen molar-refractivity contribution in [3.63, 3.8) is 0 Å². The first-order valence-corrected chi connectivity index (χ1v) is 10.2. The molecule has 5 nitrogen and oxygen atoms in total. The average Bonchev–Trinajstić information content (AvgIpc) is 3.05. The largest absolute Gasteiger partial charge is 0.481 e. The van der Waals surface area contributed by atoms with E-state index in [0.717, 1.165) is 52.2 Å². The summed E-state index contributed by atoms with van der Waals surface area (Å²) >= 11 is 0. The van der Waals surface area contributed by atoms with E-state index in [2.05, 4.69) is 43.3 Å². The summed E-state index contributed by atoms with van der Waals surface area (Å²) in [6.07, 6.45) is 10.8. The molecule has 1 heterocycles. The van der Waals surface area contributed by atoms with Crippen molar-refractivity contribution < 1.29 is 19.8 Å². The molecular weight excluding hydrogens is 354 g/mol. The number of hydrogen-bond donors (Lipinski definition) is 2. The number of carboxylic acid groups (broad SMARTS) is 1. The molecule has 2 N–H and O–H groups in total. The standard InChI is InChI=1S/C22H31NO3.CH4O/c1-18(17-19-9-5-4-6-10-19)12-13-20-14-15-21(24)23(20)16-8-3-2-7-11-22(25)26;1-2/h4-6,9-10,12-13,18,20H,2-3,7-8,11,14-17H2,1H3,(H,25,26);2H,1H3/b13-12+;/t18?,20-;/m0./s1. The smallest absolute Gasteiger partial charge is 0.303 e. The van der Waals surface area contributed by atoms with Crippen molar-refractivity contribution >= 4 is 11.9 Å². The molecule has 1 saturated heterocycles. The second kappa shape index (κ2) is 13.9. The first-order valence-electron chi connectivity index (χ1n) is 10.2. The number of nitrogens with zero attached hydrogens (tertiary/aromatic N) is 1. The van der Waals surface area contributed by atoms with Crippen molar-refractivity contribution in [1.82, 2.24) is 4.90 Å². The summed E-state index contributed by atoms with van der Waals surface area (Å²) in [5, 5.41) is 15.6. The number of aliphatic carboxylic acids is 1. The Morgan fingerprint density at radius 2 is 1.86 bits per heavy atom. The van der Waals surface area contributed by atoms with E-state index in [1.165, 1.54) is 5.56 Å². The molecule has 1 aliphatic heterocycles. The van der Waals surface area contributed by atoms with E-state index in [-0.39, 0.29) is 18.4 Å². The second-order valence-corrected chi connectivity index (χ2v) is 7.30. The fourth-order valence-corrected chi connectivity index (χ4v) is 3.53. The van der Waals surface area contributed by atoms with Gasteiger partial charge in [-0.3, -0.25) is 9.59 Å². The van der Waals surface area contributed by atoms with Gasteiger partial charge in [-0.15, -0.1) is 0 Å². The molecule has 1 aromatic carbocycles. The highest BCUT2D eigenvalue weighted by Crippen LogP contribution is 2.22. The Labute approximate surface area is 169 Å². The fraction of sp³-hybridized carbons (Fsp3) is 0.565. The van der Waals surface area contributed by atoms with Gasteiger partial charge in [-0.2, -0.15) is 0 Å². The number of carboxylic acids is 1. The number of aliphatic hydroxyl groups is 1. The normalized spacial score (nSPS) is 17.5. The van der Waals surface area contributed by atoms with Gasteiger partial charge in [-0.25, -0.2) is 0 Å². The highest BCUT2D eigenvalue weighted by Gasteiger charge is 2.28. The maximum absolute atomic E-state index is 12.1. The van der Waals surface area contributed by atoms with Gasteiger partial charge in [0.05, 0.1) is 6.04 Å². The van der Waals surface area contributed by atoms with Crippen molar-refractivity contribution in [3.05, 3.63) is 48.0 Å². The monoisotopic (exact) mass is 389 g/mol. The van der Waals surface area contributed by atoms with Crippen LogP contribution in [0.15, 0.2) is 42.5 Å². The Morgan fingerprint density at radius 3 is 2.54 bits per heavy atom. The molecule has 2 rings (SSSR count). The van der Waals surface area contributed by atoms with Gasteiger partial charge in [0.15, 0.2) is 0 Å². The van der Waals surface area contributed by atoms with Crippen LogP contribution in [0.5, 0.6) is 0 Å². The number of aliphatic hydroxyl groups excluding tert-OH is 1. The van der Waals surface area contributed by atoms with Crippen LogP contribution in [0.3, 0.4) is 0 Å². The van der Waals surface area contributed by atoms with Gasteiger partial charge in [0.25, 0.3) is 0 Å². The van der Waals surface area contributed by atoms with E-state index >= 15 is 0 Å². The van der Waals surface area contributed by atoms with Crippen LogP contribution >= 0.6 is 0 Å². The first-order chi connectivity index (χ1) is 13.6. The number of allylic oxidation sites excluding steroid dienone is 1. The third kappa shape index (κ3) is 9.18. The molecule has 0 radical (unpaired) electrons. The summed E-state index contributed by atoms with van der Waals surface area (Å²) in [6, 6.07) is 10.7. The van der Waals surface area contributed by atoms with Crippen molar-refractivity contribution in [2.24, 2.45) is 5.92 Å². The lowest BCUT2D eigenvalue weighted by atomic mass is 9.99. The van der Waals surface area contributed by atoms with Gasteiger partial charge in [0.2, 0.25) is 5.91 Å².